The molecule has 0 atom stereocenters. The van der Waals surface area contributed by atoms with Gasteiger partial charge in [0.2, 0.25) is 5.88 Å². The lowest BCUT2D eigenvalue weighted by molar-refractivity contribution is 0.0398. The monoisotopic (exact) mass is 294 g/mol. The van der Waals surface area contributed by atoms with Crippen LogP contribution in [0.2, 0.25) is 0 Å². The number of nitrogens with one attached hydrogen (secondary N) is 1. The molecule has 0 unspecified atom stereocenters. The van der Waals surface area contributed by atoms with Gasteiger partial charge in [0.25, 0.3) is 0 Å². The van der Waals surface area contributed by atoms with Crippen LogP contribution in [0.25, 0.3) is 0 Å². The summed E-state index contributed by atoms with van der Waals surface area (Å²) in [4.78, 5) is 11.1. The first-order valence-corrected chi connectivity index (χ1v) is 7.66. The molecular formula is C15H26N4O2. The highest BCUT2D eigenvalue weighted by atomic mass is 16.5. The first-order valence-electron chi connectivity index (χ1n) is 7.66. The molecule has 0 bridgehead atoms. The fourth-order valence-electron chi connectivity index (χ4n) is 2.12. The van der Waals surface area contributed by atoms with Crippen molar-refractivity contribution < 1.29 is 9.47 Å². The van der Waals surface area contributed by atoms with Crippen LogP contribution in [0, 0.1) is 12.8 Å². The molecule has 1 aliphatic heterocycles. The second kappa shape index (κ2) is 8.14. The van der Waals surface area contributed by atoms with E-state index in [2.05, 4.69) is 34.0 Å². The van der Waals surface area contributed by atoms with Gasteiger partial charge in [0, 0.05) is 32.2 Å². The van der Waals surface area contributed by atoms with E-state index in [0.717, 1.165) is 51.0 Å². The van der Waals surface area contributed by atoms with Crippen molar-refractivity contribution in [2.45, 2.75) is 20.8 Å². The third kappa shape index (κ3) is 5.85. The smallest absolute Gasteiger partial charge is 0.218 e. The molecule has 6 heteroatoms. The zero-order chi connectivity index (χ0) is 15.1. The van der Waals surface area contributed by atoms with E-state index in [-0.39, 0.29) is 0 Å². The number of hydrogen-bond donors (Lipinski definition) is 1. The summed E-state index contributed by atoms with van der Waals surface area (Å²) in [6.07, 6.45) is 0. The fourth-order valence-corrected chi connectivity index (χ4v) is 2.12. The Balaban J connectivity index is 1.81. The number of morpholine rings is 1. The van der Waals surface area contributed by atoms with Gasteiger partial charge in [-0.1, -0.05) is 13.8 Å². The van der Waals surface area contributed by atoms with Crippen molar-refractivity contribution in [3.05, 3.63) is 11.9 Å². The van der Waals surface area contributed by atoms with E-state index < -0.39 is 0 Å². The predicted molar refractivity (Wildman–Crippen MR) is 82.9 cm³/mol. The highest BCUT2D eigenvalue weighted by Gasteiger charge is 2.10. The molecular weight excluding hydrogens is 268 g/mol. The summed E-state index contributed by atoms with van der Waals surface area (Å²) in [5.41, 5.74) is 0. The summed E-state index contributed by atoms with van der Waals surface area (Å²) in [5, 5.41) is 3.35. The maximum atomic E-state index is 5.67. The van der Waals surface area contributed by atoms with E-state index in [1.807, 2.05) is 13.0 Å². The van der Waals surface area contributed by atoms with Crippen LogP contribution in [0.15, 0.2) is 6.07 Å². The van der Waals surface area contributed by atoms with Gasteiger partial charge >= 0.3 is 0 Å². The quantitative estimate of drug-likeness (QED) is 0.823. The maximum Gasteiger partial charge on any atom is 0.218 e. The standard InChI is InChI=1S/C15H26N4O2/c1-12(2)11-21-15-10-14(17-13(3)18-15)16-4-5-19-6-8-20-9-7-19/h10,12H,4-9,11H2,1-3H3,(H,16,17,18). The molecule has 2 heterocycles. The second-order valence-corrected chi connectivity index (χ2v) is 5.72. The lowest BCUT2D eigenvalue weighted by Gasteiger charge is -2.26. The number of ether oxygens (including phenoxy) is 2. The van der Waals surface area contributed by atoms with E-state index >= 15 is 0 Å². The molecule has 1 aromatic rings. The Labute approximate surface area is 126 Å². The van der Waals surface area contributed by atoms with E-state index in [4.69, 9.17) is 9.47 Å². The molecule has 1 saturated heterocycles. The average Bonchev–Trinajstić information content (AvgIpc) is 2.46. The number of rotatable bonds is 7. The summed E-state index contributed by atoms with van der Waals surface area (Å²) >= 11 is 0. The maximum absolute atomic E-state index is 5.67. The molecule has 0 saturated carbocycles. The number of nitrogens with zero attached hydrogens (tertiary/aromatic N) is 3. The van der Waals surface area contributed by atoms with Gasteiger partial charge in [0.05, 0.1) is 19.8 Å². The summed E-state index contributed by atoms with van der Waals surface area (Å²) in [7, 11) is 0. The molecule has 21 heavy (non-hydrogen) atoms. The zero-order valence-corrected chi connectivity index (χ0v) is 13.3. The summed E-state index contributed by atoms with van der Waals surface area (Å²) in [6, 6.07) is 1.87. The summed E-state index contributed by atoms with van der Waals surface area (Å²) < 4.78 is 11.0. The van der Waals surface area contributed by atoms with Crippen LogP contribution in [0.5, 0.6) is 5.88 Å². The zero-order valence-electron chi connectivity index (χ0n) is 13.3. The molecule has 0 spiro atoms. The fraction of sp³-hybridized carbons (Fsp3) is 0.733. The minimum absolute atomic E-state index is 0.484. The predicted octanol–water partition coefficient (Wildman–Crippen LogP) is 1.56. The first-order chi connectivity index (χ1) is 10.1. The van der Waals surface area contributed by atoms with Crippen molar-refractivity contribution >= 4 is 5.82 Å². The Bertz CT molecular complexity index is 434. The Morgan fingerprint density at radius 1 is 1.33 bits per heavy atom. The van der Waals surface area contributed by atoms with E-state index in [1.165, 1.54) is 0 Å². The molecule has 0 amide bonds. The minimum atomic E-state index is 0.484. The molecule has 0 aromatic carbocycles. The Morgan fingerprint density at radius 3 is 2.81 bits per heavy atom. The van der Waals surface area contributed by atoms with Gasteiger partial charge < -0.3 is 14.8 Å². The second-order valence-electron chi connectivity index (χ2n) is 5.72. The van der Waals surface area contributed by atoms with Crippen molar-refractivity contribution in [1.29, 1.82) is 0 Å². The van der Waals surface area contributed by atoms with Crippen molar-refractivity contribution in [2.24, 2.45) is 5.92 Å². The largest absolute Gasteiger partial charge is 0.477 e. The summed E-state index contributed by atoms with van der Waals surface area (Å²) in [6.45, 7) is 12.3. The number of aromatic nitrogens is 2. The van der Waals surface area contributed by atoms with Crippen LogP contribution >= 0.6 is 0 Å². The van der Waals surface area contributed by atoms with Crippen LogP contribution in [0.3, 0.4) is 0 Å². The highest BCUT2D eigenvalue weighted by Crippen LogP contribution is 2.14. The molecule has 118 valence electrons. The molecule has 1 aliphatic rings. The lowest BCUT2D eigenvalue weighted by Crippen LogP contribution is -2.39. The molecule has 6 nitrogen and oxygen atoms in total. The van der Waals surface area contributed by atoms with Crippen LogP contribution in [0.4, 0.5) is 5.82 Å². The topological polar surface area (TPSA) is 59.5 Å². The van der Waals surface area contributed by atoms with Crippen molar-refractivity contribution in [3.63, 3.8) is 0 Å². The van der Waals surface area contributed by atoms with Crippen LogP contribution in [0.1, 0.15) is 19.7 Å². The van der Waals surface area contributed by atoms with Crippen molar-refractivity contribution in [1.82, 2.24) is 14.9 Å². The van der Waals surface area contributed by atoms with Gasteiger partial charge in [-0.2, -0.15) is 4.98 Å². The van der Waals surface area contributed by atoms with E-state index in [1.54, 1.807) is 0 Å². The molecule has 0 aliphatic carbocycles. The average molecular weight is 294 g/mol. The van der Waals surface area contributed by atoms with Crippen LogP contribution in [-0.2, 0) is 4.74 Å². The third-order valence-electron chi connectivity index (χ3n) is 3.22. The van der Waals surface area contributed by atoms with Gasteiger partial charge in [-0.3, -0.25) is 4.90 Å². The van der Waals surface area contributed by atoms with Gasteiger partial charge in [-0.25, -0.2) is 4.98 Å². The summed E-state index contributed by atoms with van der Waals surface area (Å²) in [5.74, 6) is 2.68. The molecule has 1 aromatic heterocycles. The van der Waals surface area contributed by atoms with E-state index in [9.17, 15) is 0 Å². The Hall–Kier alpha value is -1.40. The van der Waals surface area contributed by atoms with Gasteiger partial charge in [-0.15, -0.1) is 0 Å². The molecule has 1 fully saturated rings. The molecule has 0 radical (unpaired) electrons. The first kappa shape index (κ1) is 16.0. The normalized spacial score (nSPS) is 16.2. The number of aryl methyl sites for hydroxylation is 1. The molecule has 1 N–H and O–H groups in total. The third-order valence-corrected chi connectivity index (χ3v) is 3.22. The number of hydrogen-bond acceptors (Lipinski definition) is 6. The van der Waals surface area contributed by atoms with Gasteiger partial charge in [0.1, 0.15) is 11.6 Å². The Kier molecular flexibility index (Phi) is 6.20. The van der Waals surface area contributed by atoms with E-state index in [0.29, 0.717) is 18.4 Å². The Morgan fingerprint density at radius 2 is 2.10 bits per heavy atom. The lowest BCUT2D eigenvalue weighted by atomic mass is 10.2. The van der Waals surface area contributed by atoms with Crippen LogP contribution < -0.4 is 10.1 Å². The van der Waals surface area contributed by atoms with Crippen molar-refractivity contribution in [3.8, 4) is 5.88 Å². The van der Waals surface area contributed by atoms with Crippen LogP contribution in [-0.4, -0.2) is 60.9 Å². The molecule has 2 rings (SSSR count). The van der Waals surface area contributed by atoms with Gasteiger partial charge in [-0.05, 0) is 12.8 Å². The number of anilines is 1. The highest BCUT2D eigenvalue weighted by molar-refractivity contribution is 5.38. The minimum Gasteiger partial charge on any atom is -0.477 e. The van der Waals surface area contributed by atoms with Crippen molar-refractivity contribution in [2.75, 3.05) is 51.3 Å². The van der Waals surface area contributed by atoms with Gasteiger partial charge in [0.15, 0.2) is 0 Å². The SMILES string of the molecule is Cc1nc(NCCN2CCOCC2)cc(OCC(C)C)n1.